The van der Waals surface area contributed by atoms with E-state index < -0.39 is 0 Å². The number of rotatable bonds is 10. The number of para-hydroxylation sites is 1. The predicted octanol–water partition coefficient (Wildman–Crippen LogP) is 4.44. The third-order valence-corrected chi connectivity index (χ3v) is 7.54. The van der Waals surface area contributed by atoms with Crippen molar-refractivity contribution in [3.05, 3.63) is 95.4 Å². The number of fused-ring (bicyclic) bond motifs is 2. The Bertz CT molecular complexity index is 1530. The molecule has 1 amide bonds. The number of hydrogen-bond acceptors (Lipinski definition) is 7. The number of anilines is 2. The topological polar surface area (TPSA) is 98.6 Å². The second kappa shape index (κ2) is 11.2. The van der Waals surface area contributed by atoms with Gasteiger partial charge in [-0.15, -0.1) is 0 Å². The van der Waals surface area contributed by atoms with Crippen LogP contribution in [-0.4, -0.2) is 46.4 Å². The highest BCUT2D eigenvalue weighted by Gasteiger charge is 2.30. The lowest BCUT2D eigenvalue weighted by atomic mass is 9.97. The highest BCUT2D eigenvalue weighted by Crippen LogP contribution is 2.34. The molecule has 1 N–H and O–H groups in total. The molecule has 40 heavy (non-hydrogen) atoms. The third kappa shape index (κ3) is 5.14. The number of hydrogen-bond donors (Lipinski definition) is 1. The smallest absolute Gasteiger partial charge is 0.258 e. The Balaban J connectivity index is 1.16. The molecular weight excluding hydrogens is 506 g/mol. The summed E-state index contributed by atoms with van der Waals surface area (Å²) in [6, 6.07) is 19.7. The Morgan fingerprint density at radius 2 is 1.95 bits per heavy atom. The number of nitrogens with zero attached hydrogens (tertiary/aromatic N) is 4. The van der Waals surface area contributed by atoms with E-state index in [9.17, 15) is 9.59 Å². The highest BCUT2D eigenvalue weighted by molar-refractivity contribution is 5.96. The second-order valence-corrected chi connectivity index (χ2v) is 10.0. The number of methoxy groups -OCH3 is 1. The summed E-state index contributed by atoms with van der Waals surface area (Å²) in [4.78, 5) is 36.9. The van der Waals surface area contributed by atoms with Crippen LogP contribution < -0.4 is 19.7 Å². The summed E-state index contributed by atoms with van der Waals surface area (Å²) in [5, 5.41) is 2.97. The lowest BCUT2D eigenvalue weighted by Gasteiger charge is -2.19. The molecule has 4 aromatic rings. The van der Waals surface area contributed by atoms with E-state index in [4.69, 9.17) is 14.5 Å². The number of carbonyl (C=O) groups is 2. The maximum absolute atomic E-state index is 13.2. The van der Waals surface area contributed by atoms with E-state index in [0.717, 1.165) is 35.7 Å². The van der Waals surface area contributed by atoms with E-state index >= 15 is 0 Å². The van der Waals surface area contributed by atoms with E-state index in [2.05, 4.69) is 22.4 Å². The molecule has 9 nitrogen and oxygen atoms in total. The Hall–Kier alpha value is -4.66. The Kier molecular flexibility index (Phi) is 7.18. The van der Waals surface area contributed by atoms with E-state index in [1.165, 1.54) is 11.8 Å². The first-order valence-electron chi connectivity index (χ1n) is 13.5. The van der Waals surface area contributed by atoms with Crippen LogP contribution in [0.2, 0.25) is 0 Å². The molecule has 2 aliphatic rings. The van der Waals surface area contributed by atoms with Crippen LogP contribution >= 0.6 is 0 Å². The first kappa shape index (κ1) is 25.6. The third-order valence-electron chi connectivity index (χ3n) is 7.54. The number of amides is 1. The van der Waals surface area contributed by atoms with Gasteiger partial charge in [0.1, 0.15) is 17.9 Å². The molecule has 0 aliphatic carbocycles. The van der Waals surface area contributed by atoms with Gasteiger partial charge in [0.25, 0.3) is 5.91 Å². The molecule has 0 saturated carbocycles. The minimum atomic E-state index is -0.306. The van der Waals surface area contributed by atoms with Gasteiger partial charge in [-0.1, -0.05) is 30.3 Å². The molecule has 0 radical (unpaired) electrons. The van der Waals surface area contributed by atoms with Crippen molar-refractivity contribution in [2.45, 2.75) is 38.3 Å². The van der Waals surface area contributed by atoms with Gasteiger partial charge in [0.15, 0.2) is 5.78 Å². The number of benzene rings is 2. The summed E-state index contributed by atoms with van der Waals surface area (Å²) in [6.07, 6.45) is 5.74. The van der Waals surface area contributed by atoms with Gasteiger partial charge >= 0.3 is 0 Å². The number of ketones is 1. The molecule has 0 bridgehead atoms. The average Bonchev–Trinajstić information content (AvgIpc) is 3.69. The molecule has 1 atom stereocenters. The van der Waals surface area contributed by atoms with Gasteiger partial charge in [0.05, 0.1) is 19.6 Å². The van der Waals surface area contributed by atoms with Gasteiger partial charge < -0.3 is 24.3 Å². The van der Waals surface area contributed by atoms with Crippen LogP contribution in [0.3, 0.4) is 0 Å². The molecule has 2 aromatic carbocycles. The summed E-state index contributed by atoms with van der Waals surface area (Å²) in [5.41, 5.74) is 4.55. The number of nitrogens with one attached hydrogen (secondary N) is 1. The van der Waals surface area contributed by atoms with Crippen LogP contribution in [0.5, 0.6) is 11.6 Å². The summed E-state index contributed by atoms with van der Waals surface area (Å²) in [7, 11) is 1.62. The van der Waals surface area contributed by atoms with Crippen molar-refractivity contribution in [1.29, 1.82) is 0 Å². The van der Waals surface area contributed by atoms with Crippen LogP contribution in [0.15, 0.2) is 73.1 Å². The van der Waals surface area contributed by atoms with E-state index in [1.54, 1.807) is 7.11 Å². The van der Waals surface area contributed by atoms with Crippen molar-refractivity contribution in [2.24, 2.45) is 0 Å². The number of aromatic nitrogens is 3. The summed E-state index contributed by atoms with van der Waals surface area (Å²) in [5.74, 6) is 1.29. The van der Waals surface area contributed by atoms with Crippen LogP contribution in [0.1, 0.15) is 45.9 Å². The number of Topliss-reactive ketones (excluding diaryl/α,β-unsaturated/α-hetero) is 1. The quantitative estimate of drug-likeness (QED) is 0.299. The minimum absolute atomic E-state index is 0.110. The van der Waals surface area contributed by atoms with Gasteiger partial charge in [0.2, 0.25) is 11.8 Å². The maximum atomic E-state index is 13.2. The normalized spacial score (nSPS) is 15.6. The molecule has 2 aromatic heterocycles. The molecule has 0 fully saturated rings. The second-order valence-electron chi connectivity index (χ2n) is 10.0. The summed E-state index contributed by atoms with van der Waals surface area (Å²) < 4.78 is 13.3. The van der Waals surface area contributed by atoms with Gasteiger partial charge in [-0.2, -0.15) is 4.98 Å². The molecule has 9 heteroatoms. The first-order valence-corrected chi connectivity index (χ1v) is 13.5. The largest absolute Gasteiger partial charge is 0.497 e. The molecule has 204 valence electrons. The zero-order chi connectivity index (χ0) is 27.5. The Labute approximate surface area is 232 Å². The van der Waals surface area contributed by atoms with Crippen molar-refractivity contribution >= 4 is 23.3 Å². The van der Waals surface area contributed by atoms with E-state index in [0.29, 0.717) is 31.9 Å². The lowest BCUT2D eigenvalue weighted by Crippen LogP contribution is -2.27. The van der Waals surface area contributed by atoms with Gasteiger partial charge in [0, 0.05) is 36.9 Å². The SMILES string of the molecule is COc1ccc(COc2nc(N3CCc4ccccc43)ncc2C(=O)NCCCC2C(=O)Cn3cccc32)cc1. The van der Waals surface area contributed by atoms with Crippen LogP contribution in [0, 0.1) is 0 Å². The first-order chi connectivity index (χ1) is 19.6. The van der Waals surface area contributed by atoms with Crippen molar-refractivity contribution in [1.82, 2.24) is 19.9 Å². The summed E-state index contributed by atoms with van der Waals surface area (Å²) in [6.45, 7) is 1.86. The van der Waals surface area contributed by atoms with Crippen molar-refractivity contribution in [3.8, 4) is 11.6 Å². The van der Waals surface area contributed by atoms with Crippen LogP contribution in [0.25, 0.3) is 0 Å². The summed E-state index contributed by atoms with van der Waals surface area (Å²) >= 11 is 0. The predicted molar refractivity (Wildman–Crippen MR) is 150 cm³/mol. The minimum Gasteiger partial charge on any atom is -0.497 e. The molecular formula is C31H31N5O4. The zero-order valence-corrected chi connectivity index (χ0v) is 22.4. The average molecular weight is 538 g/mol. The molecule has 4 heterocycles. The zero-order valence-electron chi connectivity index (χ0n) is 22.4. The van der Waals surface area contributed by atoms with Gasteiger partial charge in [-0.25, -0.2) is 4.98 Å². The monoisotopic (exact) mass is 537 g/mol. The maximum Gasteiger partial charge on any atom is 0.258 e. The van der Waals surface area contributed by atoms with Crippen molar-refractivity contribution in [2.75, 3.05) is 25.1 Å². The molecule has 1 unspecified atom stereocenters. The van der Waals surface area contributed by atoms with E-state index in [-0.39, 0.29) is 35.7 Å². The van der Waals surface area contributed by atoms with Crippen molar-refractivity contribution < 1.29 is 19.1 Å². The Morgan fingerprint density at radius 3 is 2.80 bits per heavy atom. The Morgan fingerprint density at radius 1 is 1.10 bits per heavy atom. The fraction of sp³-hybridized carbons (Fsp3) is 0.290. The molecule has 0 spiro atoms. The molecule has 0 saturated heterocycles. The molecule has 6 rings (SSSR count). The standard InChI is InChI=1S/C31H31N5O4/c1-39-23-12-10-21(11-13-23)20-40-30-25(18-33-31(34-30)36-17-14-22-6-2-3-8-26(22)36)29(38)32-15-4-7-24-27-9-5-16-35(27)19-28(24)37/h2-3,5-6,8-13,16,18,24H,4,7,14-15,17,19-20H2,1H3,(H,32,38). The number of ether oxygens (including phenoxy) is 2. The van der Waals surface area contributed by atoms with E-state index in [1.807, 2.05) is 64.2 Å². The fourth-order valence-electron chi connectivity index (χ4n) is 5.42. The molecule has 2 aliphatic heterocycles. The van der Waals surface area contributed by atoms with Crippen LogP contribution in [0.4, 0.5) is 11.6 Å². The highest BCUT2D eigenvalue weighted by atomic mass is 16.5. The van der Waals surface area contributed by atoms with Gasteiger partial charge in [-0.3, -0.25) is 9.59 Å². The number of carbonyl (C=O) groups excluding carboxylic acids is 2. The van der Waals surface area contributed by atoms with Crippen molar-refractivity contribution in [3.63, 3.8) is 0 Å². The van der Waals surface area contributed by atoms with Crippen LogP contribution in [-0.2, 0) is 24.4 Å². The van der Waals surface area contributed by atoms with Gasteiger partial charge in [-0.05, 0) is 60.7 Å². The lowest BCUT2D eigenvalue weighted by molar-refractivity contribution is -0.119. The fourth-order valence-corrected chi connectivity index (χ4v) is 5.42.